The van der Waals surface area contributed by atoms with Gasteiger partial charge in [0, 0.05) is 30.8 Å². The molecule has 0 aliphatic heterocycles. The van der Waals surface area contributed by atoms with Crippen LogP contribution in [0.4, 0.5) is 5.69 Å². The lowest BCUT2D eigenvalue weighted by Gasteiger charge is -2.57. The second kappa shape index (κ2) is 12.5. The topological polar surface area (TPSA) is 83.1 Å². The average Bonchev–Trinajstić information content (AvgIpc) is 3.04. The number of anilines is 1. The van der Waals surface area contributed by atoms with E-state index in [9.17, 15) is 9.59 Å². The van der Waals surface area contributed by atoms with E-state index < -0.39 is 6.48 Å². The molecule has 1 amide bonds. The molecule has 7 nitrogen and oxygen atoms in total. The van der Waals surface area contributed by atoms with Gasteiger partial charge in [-0.2, -0.15) is 0 Å². The quantitative estimate of drug-likeness (QED) is 0.109. The zero-order valence-corrected chi connectivity index (χ0v) is 26.7. The summed E-state index contributed by atoms with van der Waals surface area (Å²) in [5, 5.41) is 5.19. The fourth-order valence-corrected chi connectivity index (χ4v) is 8.59. The van der Waals surface area contributed by atoms with Crippen LogP contribution in [0.3, 0.4) is 0 Å². The normalized spacial score (nSPS) is 23.7. The molecule has 1 atom stereocenters. The van der Waals surface area contributed by atoms with Crippen molar-refractivity contribution in [2.45, 2.75) is 64.3 Å². The zero-order valence-electron chi connectivity index (χ0n) is 26.7. The molecule has 4 aromatic carbocycles. The summed E-state index contributed by atoms with van der Waals surface area (Å²) in [6.07, 6.45) is 7.82. The lowest BCUT2D eigenvalue weighted by molar-refractivity contribution is -0.231. The van der Waals surface area contributed by atoms with Crippen LogP contribution in [0.1, 0.15) is 68.3 Å². The van der Waals surface area contributed by atoms with Crippen molar-refractivity contribution in [1.82, 2.24) is 0 Å². The van der Waals surface area contributed by atoms with Crippen LogP contribution in [0.15, 0.2) is 78.9 Å². The molecule has 4 aromatic rings. The van der Waals surface area contributed by atoms with Gasteiger partial charge in [0.25, 0.3) is 5.91 Å². The minimum atomic E-state index is -0.745. The molecule has 7 heteroatoms. The van der Waals surface area contributed by atoms with Gasteiger partial charge in [-0.25, -0.2) is 0 Å². The van der Waals surface area contributed by atoms with E-state index in [1.807, 2.05) is 31.2 Å². The molecule has 0 heterocycles. The number of rotatable bonds is 10. The van der Waals surface area contributed by atoms with Crippen molar-refractivity contribution < 1.29 is 28.5 Å². The van der Waals surface area contributed by atoms with E-state index in [4.69, 9.17) is 18.9 Å². The Labute approximate surface area is 270 Å². The second-order valence-corrected chi connectivity index (χ2v) is 13.4. The van der Waals surface area contributed by atoms with Crippen LogP contribution in [-0.2, 0) is 19.7 Å². The highest BCUT2D eigenvalue weighted by Gasteiger charge is 2.52. The van der Waals surface area contributed by atoms with Gasteiger partial charge < -0.3 is 24.3 Å². The lowest BCUT2D eigenvalue weighted by Crippen LogP contribution is -2.48. The molecule has 4 aliphatic rings. The maximum Gasteiger partial charge on any atom is 0.315 e. The smallest absolute Gasteiger partial charge is 0.315 e. The van der Waals surface area contributed by atoms with E-state index in [1.165, 1.54) is 56.4 Å². The van der Waals surface area contributed by atoms with E-state index in [0.717, 1.165) is 40.0 Å². The summed E-state index contributed by atoms with van der Waals surface area (Å²) in [5.74, 6) is 3.14. The molecule has 4 aliphatic carbocycles. The van der Waals surface area contributed by atoms with Crippen LogP contribution in [-0.4, -0.2) is 32.1 Å². The van der Waals surface area contributed by atoms with Gasteiger partial charge in [0.05, 0.1) is 6.61 Å². The number of methoxy groups -OCH3 is 1. The molecule has 0 spiro atoms. The minimum Gasteiger partial charge on any atom is -0.441 e. The summed E-state index contributed by atoms with van der Waals surface area (Å²) >= 11 is 0. The fourth-order valence-electron chi connectivity index (χ4n) is 8.59. The van der Waals surface area contributed by atoms with Crippen molar-refractivity contribution in [2.75, 3.05) is 19.0 Å². The Morgan fingerprint density at radius 2 is 1.48 bits per heavy atom. The molecular weight excluding hydrogens is 578 g/mol. The Morgan fingerprint density at radius 1 is 0.826 bits per heavy atom. The predicted octanol–water partition coefficient (Wildman–Crippen LogP) is 8.50. The monoisotopic (exact) mass is 619 g/mol. The van der Waals surface area contributed by atoms with Crippen LogP contribution in [0.2, 0.25) is 0 Å². The highest BCUT2D eigenvalue weighted by Crippen LogP contribution is 2.62. The first-order chi connectivity index (χ1) is 22.3. The summed E-state index contributed by atoms with van der Waals surface area (Å²) in [5.41, 5.74) is 4.74. The maximum atomic E-state index is 12.9. The van der Waals surface area contributed by atoms with Crippen LogP contribution in [0, 0.1) is 17.8 Å². The van der Waals surface area contributed by atoms with Crippen molar-refractivity contribution >= 4 is 28.3 Å². The second-order valence-electron chi connectivity index (χ2n) is 13.4. The van der Waals surface area contributed by atoms with Crippen LogP contribution in [0.25, 0.3) is 21.9 Å². The molecule has 1 unspecified atom stereocenters. The number of hydrogen-bond acceptors (Lipinski definition) is 6. The van der Waals surface area contributed by atoms with Crippen molar-refractivity contribution in [3.63, 3.8) is 0 Å². The summed E-state index contributed by atoms with van der Waals surface area (Å²) in [6.45, 7) is 3.06. The van der Waals surface area contributed by atoms with Crippen LogP contribution < -0.4 is 14.8 Å². The Morgan fingerprint density at radius 3 is 2.09 bits per heavy atom. The van der Waals surface area contributed by atoms with Crippen molar-refractivity contribution in [2.24, 2.45) is 17.8 Å². The number of ether oxygens (including phenoxy) is 4. The van der Waals surface area contributed by atoms with E-state index in [2.05, 4.69) is 35.6 Å². The molecule has 4 fully saturated rings. The summed E-state index contributed by atoms with van der Waals surface area (Å²) < 4.78 is 22.8. The zero-order chi connectivity index (χ0) is 31.8. The first-order valence-electron chi connectivity index (χ1n) is 16.4. The van der Waals surface area contributed by atoms with Gasteiger partial charge in [-0.3, -0.25) is 9.59 Å². The standard InChI is InChI=1S/C39H41NO6/c1-4-44-38(43-3)46-36-20-31-10-9-30(18-32(31)19-35(36)39-21-25-15-26(22-39)17-27(16-25)23-39)28-5-7-29(8-6-28)37(42)40-33-11-13-34(14-12-33)45-24(2)41/h5-14,18-20,25-27,38H,4,15-17,21-23H2,1-3H3,(H,40,42). The van der Waals surface area contributed by atoms with E-state index in [0.29, 0.717) is 23.6 Å². The molecule has 4 saturated carbocycles. The average molecular weight is 620 g/mol. The predicted molar refractivity (Wildman–Crippen MR) is 178 cm³/mol. The first-order valence-corrected chi connectivity index (χ1v) is 16.4. The third-order valence-electron chi connectivity index (χ3n) is 10.1. The Hall–Kier alpha value is -4.20. The number of benzene rings is 4. The first kappa shape index (κ1) is 30.5. The highest BCUT2D eigenvalue weighted by molar-refractivity contribution is 6.04. The number of fused-ring (bicyclic) bond motifs is 1. The van der Waals surface area contributed by atoms with Gasteiger partial charge in [0.1, 0.15) is 11.5 Å². The fraction of sp³-hybridized carbons (Fsp3) is 0.385. The van der Waals surface area contributed by atoms with Crippen LogP contribution in [0.5, 0.6) is 11.5 Å². The highest BCUT2D eigenvalue weighted by atomic mass is 16.8. The Kier molecular flexibility index (Phi) is 8.30. The van der Waals surface area contributed by atoms with Gasteiger partial charge in [0.2, 0.25) is 0 Å². The molecule has 4 bridgehead atoms. The molecule has 0 radical (unpaired) electrons. The minimum absolute atomic E-state index is 0.133. The molecule has 238 valence electrons. The SMILES string of the molecule is CCOC(OC)Oc1cc2ccc(-c3ccc(C(=O)Nc4ccc(OC(C)=O)cc4)cc3)cc2cc1C12CC3CC(CC(C3)C1)C2. The molecule has 1 N–H and O–H groups in total. The summed E-state index contributed by atoms with van der Waals surface area (Å²) in [7, 11) is 1.62. The number of carbonyl (C=O) groups is 2. The lowest BCUT2D eigenvalue weighted by atomic mass is 9.48. The van der Waals surface area contributed by atoms with Gasteiger partial charge in [-0.05, 0) is 145 Å². The van der Waals surface area contributed by atoms with E-state index in [1.54, 1.807) is 31.4 Å². The third-order valence-corrected chi connectivity index (χ3v) is 10.1. The van der Waals surface area contributed by atoms with Gasteiger partial charge in [0.15, 0.2) is 0 Å². The van der Waals surface area contributed by atoms with E-state index >= 15 is 0 Å². The van der Waals surface area contributed by atoms with Gasteiger partial charge >= 0.3 is 12.4 Å². The molecular formula is C39H41NO6. The summed E-state index contributed by atoms with van der Waals surface area (Å²) in [6, 6.07) is 25.4. The Balaban J connectivity index is 1.16. The summed E-state index contributed by atoms with van der Waals surface area (Å²) in [4.78, 5) is 24.1. The number of nitrogens with one attached hydrogen (secondary N) is 1. The number of esters is 1. The third kappa shape index (κ3) is 6.14. The van der Waals surface area contributed by atoms with Gasteiger partial charge in [-0.1, -0.05) is 24.3 Å². The molecule has 0 aromatic heterocycles. The Bertz CT molecular complexity index is 1710. The molecule has 46 heavy (non-hydrogen) atoms. The van der Waals surface area contributed by atoms with Crippen LogP contribution >= 0.6 is 0 Å². The largest absolute Gasteiger partial charge is 0.441 e. The van der Waals surface area contributed by atoms with Crippen molar-refractivity contribution in [1.29, 1.82) is 0 Å². The number of amides is 1. The molecule has 0 saturated heterocycles. The van der Waals surface area contributed by atoms with Crippen molar-refractivity contribution in [3.8, 4) is 22.6 Å². The maximum absolute atomic E-state index is 12.9. The number of carbonyl (C=O) groups excluding carboxylic acids is 2. The number of hydrogen-bond donors (Lipinski definition) is 1. The van der Waals surface area contributed by atoms with E-state index in [-0.39, 0.29) is 17.3 Å². The van der Waals surface area contributed by atoms with Gasteiger partial charge in [-0.15, -0.1) is 0 Å². The van der Waals surface area contributed by atoms with Crippen molar-refractivity contribution in [3.05, 3.63) is 90.0 Å². The molecule has 8 rings (SSSR count).